The Labute approximate surface area is 126 Å². The predicted octanol–water partition coefficient (Wildman–Crippen LogP) is -1.23. The molecule has 0 saturated carbocycles. The number of phenols is 1. The van der Waals surface area contributed by atoms with Gasteiger partial charge < -0.3 is 35.0 Å². The van der Waals surface area contributed by atoms with Gasteiger partial charge in [0.2, 0.25) is 0 Å². The van der Waals surface area contributed by atoms with E-state index in [9.17, 15) is 25.7 Å². The molecule has 0 aromatic heterocycles. The van der Waals surface area contributed by atoms with Gasteiger partial charge in [-0.05, 0) is 17.7 Å². The van der Waals surface area contributed by atoms with E-state index in [1.807, 2.05) is 6.07 Å². The molecule has 0 amide bonds. The molecule has 0 spiro atoms. The molecule has 0 radical (unpaired) electrons. The van der Waals surface area contributed by atoms with Gasteiger partial charge in [-0.25, -0.2) is 0 Å². The average molecular weight is 311 g/mol. The maximum atomic E-state index is 9.87. The van der Waals surface area contributed by atoms with Gasteiger partial charge in [-0.1, -0.05) is 12.1 Å². The van der Waals surface area contributed by atoms with Gasteiger partial charge in [0.15, 0.2) is 12.4 Å². The van der Waals surface area contributed by atoms with Crippen LogP contribution in [0.3, 0.4) is 0 Å². The molecule has 1 saturated heterocycles. The Bertz CT molecular complexity index is 527. The van der Waals surface area contributed by atoms with Crippen molar-refractivity contribution in [1.82, 2.24) is 0 Å². The summed E-state index contributed by atoms with van der Waals surface area (Å²) in [6.07, 6.45) is -8.27. The fourth-order valence-corrected chi connectivity index (χ4v) is 2.15. The third kappa shape index (κ3) is 3.36. The van der Waals surface area contributed by atoms with Crippen molar-refractivity contribution >= 4 is 0 Å². The number of hydrogen-bond acceptors (Lipinski definition) is 8. The molecule has 1 fully saturated rings. The maximum absolute atomic E-state index is 9.87. The Morgan fingerprint density at radius 2 is 1.77 bits per heavy atom. The Hall–Kier alpha value is -1.73. The highest BCUT2D eigenvalue weighted by molar-refractivity contribution is 5.29. The summed E-state index contributed by atoms with van der Waals surface area (Å²) < 4.78 is 10.5. The highest BCUT2D eigenvalue weighted by Crippen LogP contribution is 2.27. The van der Waals surface area contributed by atoms with Crippen molar-refractivity contribution in [3.05, 3.63) is 29.8 Å². The average Bonchev–Trinajstić information content (AvgIpc) is 2.53. The molecule has 8 nitrogen and oxygen atoms in total. The van der Waals surface area contributed by atoms with Gasteiger partial charge in [-0.15, -0.1) is 0 Å². The predicted molar refractivity (Wildman–Crippen MR) is 71.3 cm³/mol. The summed E-state index contributed by atoms with van der Waals surface area (Å²) in [5.74, 6) is 0.0216. The van der Waals surface area contributed by atoms with Crippen molar-refractivity contribution in [1.29, 1.82) is 5.26 Å². The van der Waals surface area contributed by atoms with Crippen molar-refractivity contribution in [3.8, 4) is 11.8 Å². The monoisotopic (exact) mass is 311 g/mol. The van der Waals surface area contributed by atoms with E-state index in [4.69, 9.17) is 14.6 Å². The molecule has 22 heavy (non-hydrogen) atoms. The SMILES string of the molecule is N#C[C@@H](O[C@@H]1O[C@H](CO)[C@@H](O)[C@H](O)[C@H]1O)c1ccc(O)cc1. The van der Waals surface area contributed by atoms with E-state index in [1.54, 1.807) is 0 Å². The van der Waals surface area contributed by atoms with Crippen molar-refractivity contribution in [2.75, 3.05) is 6.61 Å². The molecule has 120 valence electrons. The van der Waals surface area contributed by atoms with E-state index in [-0.39, 0.29) is 5.75 Å². The zero-order valence-corrected chi connectivity index (χ0v) is 11.5. The zero-order chi connectivity index (χ0) is 16.3. The molecule has 1 aromatic carbocycles. The first-order chi connectivity index (χ1) is 10.5. The summed E-state index contributed by atoms with van der Waals surface area (Å²) >= 11 is 0. The van der Waals surface area contributed by atoms with Gasteiger partial charge in [-0.2, -0.15) is 5.26 Å². The normalized spacial score (nSPS) is 33.1. The number of rotatable bonds is 4. The molecule has 2 rings (SSSR count). The van der Waals surface area contributed by atoms with Crippen molar-refractivity contribution in [3.63, 3.8) is 0 Å². The maximum Gasteiger partial charge on any atom is 0.188 e. The third-order valence-corrected chi connectivity index (χ3v) is 3.43. The van der Waals surface area contributed by atoms with Crippen LogP contribution in [0.5, 0.6) is 5.75 Å². The van der Waals surface area contributed by atoms with Crippen LogP contribution in [-0.4, -0.2) is 62.8 Å². The first kappa shape index (κ1) is 16.6. The summed E-state index contributed by atoms with van der Waals surface area (Å²) in [4.78, 5) is 0. The first-order valence-electron chi connectivity index (χ1n) is 6.62. The zero-order valence-electron chi connectivity index (χ0n) is 11.5. The number of hydrogen-bond donors (Lipinski definition) is 5. The third-order valence-electron chi connectivity index (χ3n) is 3.43. The van der Waals surface area contributed by atoms with Crippen LogP contribution >= 0.6 is 0 Å². The number of benzene rings is 1. The molecule has 8 heteroatoms. The van der Waals surface area contributed by atoms with Gasteiger partial charge in [0.1, 0.15) is 30.2 Å². The second kappa shape index (κ2) is 7.02. The number of aromatic hydroxyl groups is 1. The smallest absolute Gasteiger partial charge is 0.188 e. The minimum absolute atomic E-state index is 0.0216. The fraction of sp³-hybridized carbons (Fsp3) is 0.500. The molecule has 1 aromatic rings. The lowest BCUT2D eigenvalue weighted by atomic mass is 9.99. The minimum atomic E-state index is -1.58. The molecule has 1 heterocycles. The van der Waals surface area contributed by atoms with E-state index < -0.39 is 43.4 Å². The van der Waals surface area contributed by atoms with Crippen LogP contribution in [0.4, 0.5) is 0 Å². The Kier molecular flexibility index (Phi) is 5.31. The van der Waals surface area contributed by atoms with Crippen LogP contribution < -0.4 is 0 Å². The summed E-state index contributed by atoms with van der Waals surface area (Å²) in [7, 11) is 0. The molecule has 0 unspecified atom stereocenters. The Balaban J connectivity index is 2.13. The number of phenolic OH excluding ortho intramolecular Hbond substituents is 1. The van der Waals surface area contributed by atoms with Crippen molar-refractivity contribution < 1.29 is 35.0 Å². The lowest BCUT2D eigenvalue weighted by Crippen LogP contribution is -2.59. The van der Waals surface area contributed by atoms with Crippen LogP contribution in [0.2, 0.25) is 0 Å². The number of aliphatic hydroxyl groups is 4. The van der Waals surface area contributed by atoms with Crippen molar-refractivity contribution in [2.45, 2.75) is 36.8 Å². The summed E-state index contributed by atoms with van der Waals surface area (Å²) in [5, 5.41) is 56.7. The van der Waals surface area contributed by atoms with Crippen LogP contribution in [0.15, 0.2) is 24.3 Å². The molecular weight excluding hydrogens is 294 g/mol. The van der Waals surface area contributed by atoms with E-state index in [1.165, 1.54) is 24.3 Å². The second-order valence-electron chi connectivity index (χ2n) is 4.93. The fourth-order valence-electron chi connectivity index (χ4n) is 2.15. The second-order valence-corrected chi connectivity index (χ2v) is 4.93. The summed E-state index contributed by atoms with van der Waals surface area (Å²) in [6.45, 7) is -0.582. The first-order valence-corrected chi connectivity index (χ1v) is 6.62. The van der Waals surface area contributed by atoms with Crippen LogP contribution in [0.25, 0.3) is 0 Å². The lowest BCUT2D eigenvalue weighted by Gasteiger charge is -2.40. The van der Waals surface area contributed by atoms with Crippen molar-refractivity contribution in [2.24, 2.45) is 0 Å². The standard InChI is InChI=1S/C14H17NO7/c15-5-9(7-1-3-8(17)4-2-7)21-14-13(20)12(19)11(18)10(6-16)22-14/h1-4,9-14,16-20H,6H2/t9-,10-,11-,12+,13-,14-/m1/s1. The highest BCUT2D eigenvalue weighted by Gasteiger charge is 2.44. The number of nitriles is 1. The van der Waals surface area contributed by atoms with Gasteiger partial charge in [-0.3, -0.25) is 0 Å². The van der Waals surface area contributed by atoms with E-state index >= 15 is 0 Å². The summed E-state index contributed by atoms with van der Waals surface area (Å²) in [6, 6.07) is 7.54. The van der Waals surface area contributed by atoms with Gasteiger partial charge in [0, 0.05) is 0 Å². The lowest BCUT2D eigenvalue weighted by molar-refractivity contribution is -0.307. The van der Waals surface area contributed by atoms with Crippen LogP contribution in [0, 0.1) is 11.3 Å². The Morgan fingerprint density at radius 1 is 1.14 bits per heavy atom. The molecule has 5 N–H and O–H groups in total. The quantitative estimate of drug-likeness (QED) is 0.465. The van der Waals surface area contributed by atoms with Gasteiger partial charge >= 0.3 is 0 Å². The number of aliphatic hydroxyl groups excluding tert-OH is 4. The minimum Gasteiger partial charge on any atom is -0.508 e. The Morgan fingerprint density at radius 3 is 2.32 bits per heavy atom. The van der Waals surface area contributed by atoms with Gasteiger partial charge in [0.05, 0.1) is 12.7 Å². The van der Waals surface area contributed by atoms with Gasteiger partial charge in [0.25, 0.3) is 0 Å². The molecule has 6 atom stereocenters. The molecule has 1 aliphatic rings. The summed E-state index contributed by atoms with van der Waals surface area (Å²) in [5.41, 5.74) is 0.414. The van der Waals surface area contributed by atoms with E-state index in [2.05, 4.69) is 0 Å². The largest absolute Gasteiger partial charge is 0.508 e. The van der Waals surface area contributed by atoms with Crippen LogP contribution in [-0.2, 0) is 9.47 Å². The number of nitrogens with zero attached hydrogens (tertiary/aromatic N) is 1. The molecule has 0 aliphatic carbocycles. The topological polar surface area (TPSA) is 143 Å². The highest BCUT2D eigenvalue weighted by atomic mass is 16.7. The van der Waals surface area contributed by atoms with E-state index in [0.29, 0.717) is 5.56 Å². The molecule has 0 bridgehead atoms. The molecule has 1 aliphatic heterocycles. The van der Waals surface area contributed by atoms with E-state index in [0.717, 1.165) is 0 Å². The number of ether oxygens (including phenoxy) is 2. The van der Waals surface area contributed by atoms with Crippen LogP contribution in [0.1, 0.15) is 11.7 Å². The molecular formula is C14H17NO7.